The third-order valence-electron chi connectivity index (χ3n) is 3.16. The van der Waals surface area contributed by atoms with Crippen molar-refractivity contribution in [3.05, 3.63) is 23.8 Å². The fourth-order valence-electron chi connectivity index (χ4n) is 2.27. The molecular formula is C11H11F3N4. The largest absolute Gasteiger partial charge is 0.433 e. The van der Waals surface area contributed by atoms with Crippen LogP contribution in [0.2, 0.25) is 0 Å². The van der Waals surface area contributed by atoms with Crippen molar-refractivity contribution >= 4 is 11.0 Å². The fraction of sp³-hybridized carbons (Fsp3) is 0.455. The van der Waals surface area contributed by atoms with Crippen molar-refractivity contribution in [3.8, 4) is 0 Å². The minimum Gasteiger partial charge on any atom is -0.326 e. The van der Waals surface area contributed by atoms with E-state index in [0.29, 0.717) is 24.0 Å². The highest BCUT2D eigenvalue weighted by molar-refractivity contribution is 5.75. The summed E-state index contributed by atoms with van der Waals surface area (Å²) in [5.74, 6) is 0.785. The number of rotatable bonds is 0. The lowest BCUT2D eigenvalue weighted by Crippen LogP contribution is -2.31. The van der Waals surface area contributed by atoms with Gasteiger partial charge in [0.1, 0.15) is 17.0 Å². The number of imidazole rings is 1. The van der Waals surface area contributed by atoms with Crippen molar-refractivity contribution in [2.45, 2.75) is 31.6 Å². The van der Waals surface area contributed by atoms with Gasteiger partial charge in [-0.15, -0.1) is 0 Å². The second-order valence-corrected chi connectivity index (χ2v) is 4.49. The molecule has 0 unspecified atom stereocenters. The van der Waals surface area contributed by atoms with Gasteiger partial charge in [-0.2, -0.15) is 13.2 Å². The van der Waals surface area contributed by atoms with Crippen LogP contribution in [0.4, 0.5) is 13.2 Å². The Balaban J connectivity index is 2.18. The second-order valence-electron chi connectivity index (χ2n) is 4.49. The number of nitrogens with zero attached hydrogens (tertiary/aromatic N) is 3. The van der Waals surface area contributed by atoms with Gasteiger partial charge >= 0.3 is 6.18 Å². The molecule has 0 saturated heterocycles. The zero-order chi connectivity index (χ0) is 12.9. The summed E-state index contributed by atoms with van der Waals surface area (Å²) in [6.45, 7) is 0.507. The van der Waals surface area contributed by atoms with E-state index in [2.05, 4.69) is 9.97 Å². The Kier molecular flexibility index (Phi) is 2.34. The summed E-state index contributed by atoms with van der Waals surface area (Å²) in [6, 6.07) is 1.02. The molecule has 1 aliphatic rings. The molecule has 18 heavy (non-hydrogen) atoms. The molecule has 0 aliphatic carbocycles. The average Bonchev–Trinajstić information content (AvgIpc) is 2.65. The lowest BCUT2D eigenvalue weighted by molar-refractivity contribution is -0.141. The molecule has 2 aromatic heterocycles. The molecule has 96 valence electrons. The number of aromatic nitrogens is 3. The van der Waals surface area contributed by atoms with Crippen LogP contribution in [0, 0.1) is 0 Å². The summed E-state index contributed by atoms with van der Waals surface area (Å²) in [4.78, 5) is 7.70. The molecule has 0 fully saturated rings. The number of alkyl halides is 3. The van der Waals surface area contributed by atoms with Crippen molar-refractivity contribution in [2.24, 2.45) is 5.73 Å². The summed E-state index contributed by atoms with van der Waals surface area (Å²) < 4.78 is 39.6. The first-order valence-electron chi connectivity index (χ1n) is 5.63. The molecule has 4 nitrogen and oxygen atoms in total. The Labute approximate surface area is 101 Å². The molecule has 0 saturated carbocycles. The van der Waals surface area contributed by atoms with Gasteiger partial charge in [-0.05, 0) is 12.5 Å². The minimum absolute atomic E-state index is 0.0302. The van der Waals surface area contributed by atoms with Crippen molar-refractivity contribution in [1.29, 1.82) is 0 Å². The number of pyridine rings is 1. The average molecular weight is 256 g/mol. The zero-order valence-corrected chi connectivity index (χ0v) is 9.41. The third-order valence-corrected chi connectivity index (χ3v) is 3.16. The molecule has 0 radical (unpaired) electrons. The molecule has 3 heterocycles. The number of aryl methyl sites for hydroxylation is 1. The normalized spacial score (nSPS) is 20.1. The Hall–Kier alpha value is -1.63. The van der Waals surface area contributed by atoms with E-state index in [4.69, 9.17) is 5.73 Å². The monoisotopic (exact) mass is 256 g/mol. The van der Waals surface area contributed by atoms with Crippen LogP contribution in [-0.2, 0) is 19.1 Å². The van der Waals surface area contributed by atoms with Gasteiger partial charge in [0.15, 0.2) is 0 Å². The smallest absolute Gasteiger partial charge is 0.326 e. The van der Waals surface area contributed by atoms with Crippen molar-refractivity contribution < 1.29 is 13.2 Å². The topological polar surface area (TPSA) is 56.7 Å². The first-order chi connectivity index (χ1) is 8.45. The number of nitrogens with two attached hydrogens (primary N) is 1. The van der Waals surface area contributed by atoms with E-state index in [1.807, 2.05) is 0 Å². The van der Waals surface area contributed by atoms with Gasteiger partial charge in [0.05, 0.1) is 11.7 Å². The first kappa shape index (κ1) is 11.5. The molecule has 0 aromatic carbocycles. The van der Waals surface area contributed by atoms with Gasteiger partial charge in [-0.25, -0.2) is 9.97 Å². The van der Waals surface area contributed by atoms with E-state index in [0.717, 1.165) is 18.3 Å². The number of hydrogen-bond acceptors (Lipinski definition) is 3. The standard InChI is InChI=1S/C11H11F3N4/c12-11(13,14)9-3-8-7(4-16-9)17-10-2-1-6(15)5-18(8)10/h3-4,6H,1-2,5,15H2/t6-/m1/s1. The molecule has 1 atom stereocenters. The Morgan fingerprint density at radius 3 is 2.89 bits per heavy atom. The highest BCUT2D eigenvalue weighted by atomic mass is 19.4. The summed E-state index contributed by atoms with van der Waals surface area (Å²) in [6.07, 6.45) is -1.76. The minimum atomic E-state index is -4.43. The van der Waals surface area contributed by atoms with Crippen LogP contribution in [-0.4, -0.2) is 20.6 Å². The number of hydrogen-bond donors (Lipinski definition) is 1. The van der Waals surface area contributed by atoms with Gasteiger partial charge in [-0.3, -0.25) is 0 Å². The third kappa shape index (κ3) is 1.74. The first-order valence-corrected chi connectivity index (χ1v) is 5.63. The van der Waals surface area contributed by atoms with Crippen molar-refractivity contribution in [3.63, 3.8) is 0 Å². The van der Waals surface area contributed by atoms with Gasteiger partial charge < -0.3 is 10.3 Å². The van der Waals surface area contributed by atoms with Gasteiger partial charge in [0, 0.05) is 19.0 Å². The molecule has 7 heteroatoms. The predicted molar refractivity (Wildman–Crippen MR) is 58.8 cm³/mol. The molecule has 0 bridgehead atoms. The van der Waals surface area contributed by atoms with Gasteiger partial charge in [0.25, 0.3) is 0 Å². The van der Waals surface area contributed by atoms with Crippen LogP contribution in [0.15, 0.2) is 12.3 Å². The van der Waals surface area contributed by atoms with Crippen LogP contribution in [0.5, 0.6) is 0 Å². The summed E-state index contributed by atoms with van der Waals surface area (Å²) in [7, 11) is 0. The predicted octanol–water partition coefficient (Wildman–Crippen LogP) is 1.72. The van der Waals surface area contributed by atoms with Crippen molar-refractivity contribution in [1.82, 2.24) is 14.5 Å². The van der Waals surface area contributed by atoms with Crippen LogP contribution < -0.4 is 5.73 Å². The van der Waals surface area contributed by atoms with E-state index >= 15 is 0 Å². The van der Waals surface area contributed by atoms with E-state index in [1.165, 1.54) is 6.20 Å². The van der Waals surface area contributed by atoms with Crippen molar-refractivity contribution in [2.75, 3.05) is 0 Å². The highest BCUT2D eigenvalue weighted by Gasteiger charge is 2.33. The highest BCUT2D eigenvalue weighted by Crippen LogP contribution is 2.30. The van der Waals surface area contributed by atoms with Crippen LogP contribution in [0.25, 0.3) is 11.0 Å². The molecule has 2 aromatic rings. The maximum atomic E-state index is 12.6. The summed E-state index contributed by atoms with van der Waals surface area (Å²) in [5.41, 5.74) is 5.90. The molecular weight excluding hydrogens is 245 g/mol. The van der Waals surface area contributed by atoms with Gasteiger partial charge in [0.2, 0.25) is 0 Å². The van der Waals surface area contributed by atoms with Crippen LogP contribution in [0.3, 0.4) is 0 Å². The zero-order valence-electron chi connectivity index (χ0n) is 9.41. The van der Waals surface area contributed by atoms with Crippen LogP contribution >= 0.6 is 0 Å². The molecule has 1 aliphatic heterocycles. The van der Waals surface area contributed by atoms with Crippen LogP contribution in [0.1, 0.15) is 17.9 Å². The molecule has 0 amide bonds. The SMILES string of the molecule is N[C@@H]1CCc2nc3cnc(C(F)(F)F)cc3n2C1. The maximum Gasteiger partial charge on any atom is 0.433 e. The molecule has 2 N–H and O–H groups in total. The number of halogens is 3. The lowest BCUT2D eigenvalue weighted by Gasteiger charge is -2.20. The molecule has 0 spiro atoms. The van der Waals surface area contributed by atoms with E-state index < -0.39 is 11.9 Å². The van der Waals surface area contributed by atoms with E-state index in [9.17, 15) is 13.2 Å². The van der Waals surface area contributed by atoms with E-state index in [1.54, 1.807) is 4.57 Å². The fourth-order valence-corrected chi connectivity index (χ4v) is 2.27. The summed E-state index contributed by atoms with van der Waals surface area (Å²) in [5, 5.41) is 0. The Morgan fingerprint density at radius 2 is 2.17 bits per heavy atom. The Bertz CT molecular complexity index is 602. The quantitative estimate of drug-likeness (QED) is 0.780. The Morgan fingerprint density at radius 1 is 1.39 bits per heavy atom. The van der Waals surface area contributed by atoms with Gasteiger partial charge in [-0.1, -0.05) is 0 Å². The summed E-state index contributed by atoms with van der Waals surface area (Å²) >= 11 is 0. The van der Waals surface area contributed by atoms with E-state index in [-0.39, 0.29) is 6.04 Å². The lowest BCUT2D eigenvalue weighted by atomic mass is 10.1. The second kappa shape index (κ2) is 3.68. The molecule has 3 rings (SSSR count). The maximum absolute atomic E-state index is 12.6. The number of fused-ring (bicyclic) bond motifs is 3.